The van der Waals surface area contributed by atoms with Gasteiger partial charge in [0, 0.05) is 31.6 Å². The van der Waals surface area contributed by atoms with Crippen LogP contribution in [0.1, 0.15) is 40.0 Å². The maximum Gasteiger partial charge on any atom is 0.306 e. The molecule has 1 heterocycles. The number of rotatable bonds is 11. The van der Waals surface area contributed by atoms with Crippen LogP contribution in [0.5, 0.6) is 11.5 Å². The first kappa shape index (κ1) is 22.8. The molecule has 1 aromatic rings. The first-order valence-electron chi connectivity index (χ1n) is 10.3. The lowest BCUT2D eigenvalue weighted by atomic mass is 10.2. The molecule has 162 valence electrons. The summed E-state index contributed by atoms with van der Waals surface area (Å²) >= 11 is 0. The van der Waals surface area contributed by atoms with Gasteiger partial charge in [-0.3, -0.25) is 9.59 Å². The molecule has 1 aliphatic heterocycles. The highest BCUT2D eigenvalue weighted by atomic mass is 16.5. The van der Waals surface area contributed by atoms with Gasteiger partial charge in [0.1, 0.15) is 11.5 Å². The Morgan fingerprint density at radius 1 is 1.07 bits per heavy atom. The SMILES string of the molecule is CCCCC(=O)OCC(=O)Nc1cc(OCC)c(N2CCOCC2)cc1OCC. The van der Waals surface area contributed by atoms with Crippen molar-refractivity contribution in [1.82, 2.24) is 0 Å². The van der Waals surface area contributed by atoms with Crippen molar-refractivity contribution in [3.63, 3.8) is 0 Å². The fraction of sp³-hybridized carbons (Fsp3) is 0.619. The van der Waals surface area contributed by atoms with Crippen molar-refractivity contribution < 1.29 is 28.5 Å². The van der Waals surface area contributed by atoms with E-state index in [-0.39, 0.29) is 12.6 Å². The van der Waals surface area contributed by atoms with Gasteiger partial charge in [-0.2, -0.15) is 0 Å². The van der Waals surface area contributed by atoms with Crippen molar-refractivity contribution in [2.75, 3.05) is 56.3 Å². The summed E-state index contributed by atoms with van der Waals surface area (Å²) in [5.41, 5.74) is 1.39. The maximum absolute atomic E-state index is 12.3. The second kappa shape index (κ2) is 12.2. The van der Waals surface area contributed by atoms with Gasteiger partial charge in [0.15, 0.2) is 6.61 Å². The van der Waals surface area contributed by atoms with Gasteiger partial charge in [0.05, 0.1) is 37.8 Å². The first-order valence-corrected chi connectivity index (χ1v) is 10.3. The molecule has 0 aliphatic carbocycles. The number of esters is 1. The highest BCUT2D eigenvalue weighted by molar-refractivity contribution is 5.95. The van der Waals surface area contributed by atoms with Gasteiger partial charge < -0.3 is 29.2 Å². The minimum Gasteiger partial charge on any atom is -0.492 e. The van der Waals surface area contributed by atoms with Crippen LogP contribution >= 0.6 is 0 Å². The average Bonchev–Trinajstić information content (AvgIpc) is 2.73. The second-order valence-corrected chi connectivity index (χ2v) is 6.59. The van der Waals surface area contributed by atoms with E-state index in [1.807, 2.05) is 26.8 Å². The zero-order valence-corrected chi connectivity index (χ0v) is 17.6. The Morgan fingerprint density at radius 3 is 2.41 bits per heavy atom. The van der Waals surface area contributed by atoms with Gasteiger partial charge >= 0.3 is 5.97 Å². The van der Waals surface area contributed by atoms with Gasteiger partial charge in [-0.1, -0.05) is 13.3 Å². The summed E-state index contributed by atoms with van der Waals surface area (Å²) in [6.07, 6.45) is 1.96. The third-order valence-corrected chi connectivity index (χ3v) is 4.39. The van der Waals surface area contributed by atoms with E-state index in [2.05, 4.69) is 10.2 Å². The van der Waals surface area contributed by atoms with Crippen molar-refractivity contribution in [1.29, 1.82) is 0 Å². The van der Waals surface area contributed by atoms with E-state index in [0.717, 1.165) is 31.6 Å². The summed E-state index contributed by atoms with van der Waals surface area (Å²) in [6, 6.07) is 3.64. The summed E-state index contributed by atoms with van der Waals surface area (Å²) in [6.45, 7) is 9.21. The molecular formula is C21H32N2O6. The van der Waals surface area contributed by atoms with E-state index in [1.54, 1.807) is 6.07 Å². The van der Waals surface area contributed by atoms with E-state index in [9.17, 15) is 9.59 Å². The van der Waals surface area contributed by atoms with Crippen LogP contribution in [0.15, 0.2) is 12.1 Å². The van der Waals surface area contributed by atoms with Crippen molar-refractivity contribution in [2.24, 2.45) is 0 Å². The monoisotopic (exact) mass is 408 g/mol. The number of hydrogen-bond acceptors (Lipinski definition) is 7. The zero-order valence-electron chi connectivity index (χ0n) is 17.6. The number of nitrogens with zero attached hydrogens (tertiary/aromatic N) is 1. The first-order chi connectivity index (χ1) is 14.1. The highest BCUT2D eigenvalue weighted by Crippen LogP contribution is 2.39. The lowest BCUT2D eigenvalue weighted by Crippen LogP contribution is -2.36. The van der Waals surface area contributed by atoms with Crippen LogP contribution in [-0.4, -0.2) is 58.0 Å². The number of amides is 1. The van der Waals surface area contributed by atoms with Gasteiger partial charge in [0.2, 0.25) is 0 Å². The number of carbonyl (C=O) groups is 2. The predicted octanol–water partition coefficient (Wildman–Crippen LogP) is 2.99. The van der Waals surface area contributed by atoms with Crippen molar-refractivity contribution in [2.45, 2.75) is 40.0 Å². The molecule has 29 heavy (non-hydrogen) atoms. The molecule has 2 rings (SSSR count). The Morgan fingerprint density at radius 2 is 1.76 bits per heavy atom. The number of ether oxygens (including phenoxy) is 4. The van der Waals surface area contributed by atoms with Crippen molar-refractivity contribution in [3.8, 4) is 11.5 Å². The normalized spacial score (nSPS) is 13.7. The molecule has 0 bridgehead atoms. The third kappa shape index (κ3) is 7.12. The van der Waals surface area contributed by atoms with Crippen LogP contribution in [0.3, 0.4) is 0 Å². The lowest BCUT2D eigenvalue weighted by molar-refractivity contribution is -0.147. The Kier molecular flexibility index (Phi) is 9.56. The van der Waals surface area contributed by atoms with Crippen molar-refractivity contribution >= 4 is 23.3 Å². The molecule has 1 aromatic carbocycles. The highest BCUT2D eigenvalue weighted by Gasteiger charge is 2.20. The number of unbranched alkanes of at least 4 members (excludes halogenated alkanes) is 1. The second-order valence-electron chi connectivity index (χ2n) is 6.59. The molecule has 0 unspecified atom stereocenters. The molecular weight excluding hydrogens is 376 g/mol. The van der Waals surface area contributed by atoms with E-state index in [0.29, 0.717) is 50.0 Å². The summed E-state index contributed by atoms with van der Waals surface area (Å²) in [5, 5.41) is 2.77. The number of hydrogen-bond donors (Lipinski definition) is 1. The fourth-order valence-electron chi connectivity index (χ4n) is 2.97. The van der Waals surface area contributed by atoms with Crippen molar-refractivity contribution in [3.05, 3.63) is 12.1 Å². The molecule has 1 aliphatic rings. The smallest absolute Gasteiger partial charge is 0.306 e. The third-order valence-electron chi connectivity index (χ3n) is 4.39. The predicted molar refractivity (Wildman–Crippen MR) is 111 cm³/mol. The number of benzene rings is 1. The summed E-state index contributed by atoms with van der Waals surface area (Å²) in [4.78, 5) is 26.1. The molecule has 8 heteroatoms. The molecule has 1 N–H and O–H groups in total. The van der Waals surface area contributed by atoms with E-state index >= 15 is 0 Å². The lowest BCUT2D eigenvalue weighted by Gasteiger charge is -2.31. The molecule has 0 aromatic heterocycles. The number of morpholine rings is 1. The summed E-state index contributed by atoms with van der Waals surface area (Å²) < 4.78 is 22.0. The molecule has 8 nitrogen and oxygen atoms in total. The molecule has 0 saturated carbocycles. The Hall–Kier alpha value is -2.48. The van der Waals surface area contributed by atoms with E-state index < -0.39 is 5.91 Å². The Labute approximate surface area is 172 Å². The summed E-state index contributed by atoms with van der Waals surface area (Å²) in [5.74, 6) is 0.415. The van der Waals surface area contributed by atoms with Crippen LogP contribution in [0.2, 0.25) is 0 Å². The van der Waals surface area contributed by atoms with Gasteiger partial charge in [0.25, 0.3) is 5.91 Å². The minimum absolute atomic E-state index is 0.316. The minimum atomic E-state index is -0.419. The molecule has 0 spiro atoms. The van der Waals surface area contributed by atoms with E-state index in [4.69, 9.17) is 18.9 Å². The van der Waals surface area contributed by atoms with Gasteiger partial charge in [-0.05, 0) is 20.3 Å². The number of anilines is 2. The van der Waals surface area contributed by atoms with Gasteiger partial charge in [-0.15, -0.1) is 0 Å². The topological polar surface area (TPSA) is 86.3 Å². The van der Waals surface area contributed by atoms with Crippen LogP contribution in [-0.2, 0) is 19.1 Å². The fourth-order valence-corrected chi connectivity index (χ4v) is 2.97. The van der Waals surface area contributed by atoms with Crippen LogP contribution < -0.4 is 19.7 Å². The zero-order chi connectivity index (χ0) is 21.1. The van der Waals surface area contributed by atoms with Crippen LogP contribution in [0, 0.1) is 0 Å². The molecule has 1 fully saturated rings. The number of nitrogens with one attached hydrogen (secondary N) is 1. The Bertz CT molecular complexity index is 673. The molecule has 1 amide bonds. The molecule has 0 atom stereocenters. The Balaban J connectivity index is 2.15. The molecule has 1 saturated heterocycles. The van der Waals surface area contributed by atoms with E-state index in [1.165, 1.54) is 0 Å². The van der Waals surface area contributed by atoms with Crippen LogP contribution in [0.4, 0.5) is 11.4 Å². The van der Waals surface area contributed by atoms with Gasteiger partial charge in [-0.25, -0.2) is 0 Å². The largest absolute Gasteiger partial charge is 0.492 e. The average molecular weight is 408 g/mol. The maximum atomic E-state index is 12.3. The summed E-state index contributed by atoms with van der Waals surface area (Å²) in [7, 11) is 0. The molecule has 0 radical (unpaired) electrons. The quantitative estimate of drug-likeness (QED) is 0.563. The van der Waals surface area contributed by atoms with Crippen LogP contribution in [0.25, 0.3) is 0 Å². The standard InChI is InChI=1S/C21H32N2O6/c1-4-7-8-21(25)29-15-20(24)22-16-13-19(28-6-3)17(14-18(16)27-5-2)23-9-11-26-12-10-23/h13-14H,4-12,15H2,1-3H3,(H,22,24). The number of carbonyl (C=O) groups excluding carboxylic acids is 2.